The molecular formula is C21H23NO5S. The van der Waals surface area contributed by atoms with Crippen LogP contribution in [0.1, 0.15) is 38.4 Å². The lowest BCUT2D eigenvalue weighted by Gasteiger charge is -2.15. The van der Waals surface area contributed by atoms with Crippen molar-refractivity contribution in [3.05, 3.63) is 57.8 Å². The van der Waals surface area contributed by atoms with Gasteiger partial charge in [-0.2, -0.15) is 0 Å². The molecule has 0 aliphatic heterocycles. The molecule has 0 bridgehead atoms. The van der Waals surface area contributed by atoms with Crippen LogP contribution in [0.5, 0.6) is 0 Å². The number of fused-ring (bicyclic) bond motifs is 1. The molecule has 0 aliphatic carbocycles. The zero-order chi connectivity index (χ0) is 20.8. The fourth-order valence-corrected chi connectivity index (χ4v) is 5.20. The second kappa shape index (κ2) is 6.98. The third-order valence-electron chi connectivity index (χ3n) is 4.72. The van der Waals surface area contributed by atoms with Crippen molar-refractivity contribution >= 4 is 32.6 Å². The van der Waals surface area contributed by atoms with E-state index in [-0.39, 0.29) is 4.90 Å². The van der Waals surface area contributed by atoms with E-state index in [0.29, 0.717) is 44.7 Å². The first-order valence-corrected chi connectivity index (χ1v) is 10.3. The van der Waals surface area contributed by atoms with Crippen molar-refractivity contribution in [3.63, 3.8) is 0 Å². The summed E-state index contributed by atoms with van der Waals surface area (Å²) < 4.78 is 39.3. The molecular weight excluding hydrogens is 378 g/mol. The smallest absolute Gasteiger partial charge is 0.342 e. The Morgan fingerprint density at radius 1 is 0.964 bits per heavy atom. The normalized spacial score (nSPS) is 11.6. The van der Waals surface area contributed by atoms with Gasteiger partial charge in [0.2, 0.25) is 0 Å². The molecule has 2 aromatic carbocycles. The predicted octanol–water partition coefficient (Wildman–Crippen LogP) is 4.56. The molecule has 1 aromatic heterocycles. The van der Waals surface area contributed by atoms with E-state index >= 15 is 0 Å². The minimum atomic E-state index is -3.81. The summed E-state index contributed by atoms with van der Waals surface area (Å²) in [6.07, 6.45) is 0. The fourth-order valence-electron chi connectivity index (χ4n) is 3.62. The van der Waals surface area contributed by atoms with Crippen LogP contribution in [0.25, 0.3) is 11.0 Å². The monoisotopic (exact) mass is 401 g/mol. The van der Waals surface area contributed by atoms with Gasteiger partial charge in [0.1, 0.15) is 16.9 Å². The highest BCUT2D eigenvalue weighted by Gasteiger charge is 2.24. The van der Waals surface area contributed by atoms with E-state index in [1.165, 1.54) is 7.11 Å². The number of sulfonamides is 1. The number of carbonyl (C=O) groups is 1. The first kappa shape index (κ1) is 19.9. The summed E-state index contributed by atoms with van der Waals surface area (Å²) in [7, 11) is -2.52. The average Bonchev–Trinajstić information content (AvgIpc) is 2.87. The number of carbonyl (C=O) groups excluding carboxylic acids is 1. The van der Waals surface area contributed by atoms with Gasteiger partial charge < -0.3 is 9.15 Å². The number of hydrogen-bond acceptors (Lipinski definition) is 5. The number of nitrogens with one attached hydrogen (secondary N) is 1. The van der Waals surface area contributed by atoms with Crippen LogP contribution in [0.4, 0.5) is 5.69 Å². The van der Waals surface area contributed by atoms with Crippen molar-refractivity contribution in [2.75, 3.05) is 11.8 Å². The first-order valence-electron chi connectivity index (χ1n) is 8.78. The van der Waals surface area contributed by atoms with Crippen molar-refractivity contribution in [1.82, 2.24) is 0 Å². The van der Waals surface area contributed by atoms with Crippen LogP contribution >= 0.6 is 0 Å². The Kier molecular flexibility index (Phi) is 4.97. The zero-order valence-corrected chi connectivity index (χ0v) is 17.6. The summed E-state index contributed by atoms with van der Waals surface area (Å²) in [5.74, 6) is -0.106. The van der Waals surface area contributed by atoms with Gasteiger partial charge >= 0.3 is 5.97 Å². The summed E-state index contributed by atoms with van der Waals surface area (Å²) in [4.78, 5) is 12.4. The van der Waals surface area contributed by atoms with Gasteiger partial charge in [0.15, 0.2) is 0 Å². The molecule has 7 heteroatoms. The molecule has 0 spiro atoms. The molecule has 0 fully saturated rings. The number of methoxy groups -OCH3 is 1. The Bertz CT molecular complexity index is 1180. The van der Waals surface area contributed by atoms with E-state index in [1.54, 1.807) is 39.8 Å². The third kappa shape index (κ3) is 3.38. The Labute approximate surface area is 164 Å². The van der Waals surface area contributed by atoms with Gasteiger partial charge in [-0.05, 0) is 63.4 Å². The molecule has 0 saturated carbocycles. The molecule has 0 unspecified atom stereocenters. The maximum Gasteiger partial charge on any atom is 0.342 e. The summed E-state index contributed by atoms with van der Waals surface area (Å²) in [6.45, 7) is 8.93. The highest BCUT2D eigenvalue weighted by molar-refractivity contribution is 7.92. The number of esters is 1. The molecule has 6 nitrogen and oxygen atoms in total. The molecule has 1 heterocycles. The van der Waals surface area contributed by atoms with E-state index in [4.69, 9.17) is 9.15 Å². The largest absolute Gasteiger partial charge is 0.465 e. The van der Waals surface area contributed by atoms with Crippen molar-refractivity contribution in [2.24, 2.45) is 0 Å². The number of ether oxygens (including phenoxy) is 1. The molecule has 148 valence electrons. The lowest BCUT2D eigenvalue weighted by atomic mass is 10.1. The molecule has 1 N–H and O–H groups in total. The molecule has 3 rings (SSSR count). The van der Waals surface area contributed by atoms with Crippen molar-refractivity contribution in [1.29, 1.82) is 0 Å². The molecule has 28 heavy (non-hydrogen) atoms. The lowest BCUT2D eigenvalue weighted by molar-refractivity contribution is 0.0600. The Hall–Kier alpha value is -2.80. The molecule has 3 aromatic rings. The average molecular weight is 401 g/mol. The summed E-state index contributed by atoms with van der Waals surface area (Å²) >= 11 is 0. The quantitative estimate of drug-likeness (QED) is 0.648. The zero-order valence-electron chi connectivity index (χ0n) is 16.8. The number of anilines is 1. The van der Waals surface area contributed by atoms with Crippen LogP contribution in [-0.4, -0.2) is 21.5 Å². The number of aryl methyl sites for hydroxylation is 5. The van der Waals surface area contributed by atoms with Crippen LogP contribution < -0.4 is 4.72 Å². The number of benzene rings is 2. The van der Waals surface area contributed by atoms with Crippen LogP contribution in [0, 0.1) is 34.6 Å². The van der Waals surface area contributed by atoms with E-state index in [9.17, 15) is 13.2 Å². The van der Waals surface area contributed by atoms with Crippen LogP contribution in [0.3, 0.4) is 0 Å². The maximum atomic E-state index is 13.1. The molecule has 0 radical (unpaired) electrons. The molecule has 0 amide bonds. The lowest BCUT2D eigenvalue weighted by Crippen LogP contribution is -2.16. The SMILES string of the molecule is COC(=O)c1c(C)oc2cc(C)c(NS(=O)(=O)c3c(C)cc(C)cc3C)cc12. The second-order valence-electron chi connectivity index (χ2n) is 7.02. The van der Waals surface area contributed by atoms with E-state index < -0.39 is 16.0 Å². The molecule has 0 atom stereocenters. The highest BCUT2D eigenvalue weighted by Crippen LogP contribution is 2.33. The van der Waals surface area contributed by atoms with Crippen LogP contribution in [0.2, 0.25) is 0 Å². The van der Waals surface area contributed by atoms with Gasteiger partial charge in [0.05, 0.1) is 17.7 Å². The fraction of sp³-hybridized carbons (Fsp3) is 0.286. The first-order chi connectivity index (χ1) is 13.0. The van der Waals surface area contributed by atoms with Crippen LogP contribution in [-0.2, 0) is 14.8 Å². The standard InChI is InChI=1S/C21H23NO5S/c1-11-7-13(3)20(14(4)8-11)28(24,25)22-17-10-16-18(9-12(17)2)27-15(5)19(16)21(23)26-6/h7-10,22H,1-6H3. The van der Waals surface area contributed by atoms with Crippen molar-refractivity contribution in [3.8, 4) is 0 Å². The van der Waals surface area contributed by atoms with Crippen molar-refractivity contribution < 1.29 is 22.4 Å². The second-order valence-corrected chi connectivity index (χ2v) is 8.64. The van der Waals surface area contributed by atoms with Gasteiger partial charge in [-0.3, -0.25) is 4.72 Å². The topological polar surface area (TPSA) is 85.6 Å². The number of furan rings is 1. The van der Waals surface area contributed by atoms with Gasteiger partial charge in [-0.15, -0.1) is 0 Å². The van der Waals surface area contributed by atoms with E-state index in [2.05, 4.69) is 4.72 Å². The maximum absolute atomic E-state index is 13.1. The molecule has 0 saturated heterocycles. The number of rotatable bonds is 4. The molecule has 0 aliphatic rings. The van der Waals surface area contributed by atoms with Gasteiger partial charge in [0.25, 0.3) is 10.0 Å². The van der Waals surface area contributed by atoms with Gasteiger partial charge in [0, 0.05) is 5.39 Å². The summed E-state index contributed by atoms with van der Waals surface area (Å²) in [6, 6.07) is 7.00. The third-order valence-corrected chi connectivity index (χ3v) is 6.39. The Morgan fingerprint density at radius 3 is 2.14 bits per heavy atom. The summed E-state index contributed by atoms with van der Waals surface area (Å²) in [5.41, 5.74) is 4.22. The minimum Gasteiger partial charge on any atom is -0.465 e. The Balaban J connectivity index is 2.14. The van der Waals surface area contributed by atoms with Crippen molar-refractivity contribution in [2.45, 2.75) is 39.5 Å². The number of hydrogen-bond donors (Lipinski definition) is 1. The minimum absolute atomic E-state index is 0.258. The van der Waals surface area contributed by atoms with Gasteiger partial charge in [-0.1, -0.05) is 17.7 Å². The Morgan fingerprint density at radius 2 is 1.57 bits per heavy atom. The predicted molar refractivity (Wildman–Crippen MR) is 108 cm³/mol. The van der Waals surface area contributed by atoms with E-state index in [1.807, 2.05) is 19.1 Å². The van der Waals surface area contributed by atoms with E-state index in [0.717, 1.165) is 5.56 Å². The van der Waals surface area contributed by atoms with Gasteiger partial charge in [-0.25, -0.2) is 13.2 Å². The van der Waals surface area contributed by atoms with Crippen LogP contribution in [0.15, 0.2) is 33.6 Å². The highest BCUT2D eigenvalue weighted by atomic mass is 32.2. The summed E-state index contributed by atoms with van der Waals surface area (Å²) in [5, 5.41) is 0.505.